The first-order valence-corrected chi connectivity index (χ1v) is 9.53. The van der Waals surface area contributed by atoms with Crippen molar-refractivity contribution in [3.8, 4) is 11.3 Å². The van der Waals surface area contributed by atoms with Crippen LogP contribution in [0.15, 0.2) is 35.5 Å². The molecular weight excluding hydrogens is 336 g/mol. The number of hydrogen-bond acceptors (Lipinski definition) is 6. The normalized spacial score (nSPS) is 15.1. The molecule has 6 nitrogen and oxygen atoms in total. The Morgan fingerprint density at radius 1 is 1.28 bits per heavy atom. The Labute approximate surface area is 151 Å². The van der Waals surface area contributed by atoms with Gasteiger partial charge in [-0.3, -0.25) is 4.79 Å². The van der Waals surface area contributed by atoms with E-state index in [-0.39, 0.29) is 5.91 Å². The average molecular weight is 358 g/mol. The number of carbonyl (C=O) groups is 1. The van der Waals surface area contributed by atoms with E-state index in [0.717, 1.165) is 37.3 Å². The molecule has 25 heavy (non-hydrogen) atoms. The lowest BCUT2D eigenvalue weighted by Gasteiger charge is -2.22. The minimum atomic E-state index is -0.0509. The summed E-state index contributed by atoms with van der Waals surface area (Å²) >= 11 is 1.44. The van der Waals surface area contributed by atoms with E-state index in [4.69, 9.17) is 10.5 Å². The number of aromatic nitrogens is 2. The van der Waals surface area contributed by atoms with Gasteiger partial charge in [0.1, 0.15) is 5.82 Å². The van der Waals surface area contributed by atoms with Crippen molar-refractivity contribution in [1.82, 2.24) is 15.3 Å². The van der Waals surface area contributed by atoms with E-state index in [9.17, 15) is 4.79 Å². The largest absolute Gasteiger partial charge is 0.384 e. The number of carbonyl (C=O) groups excluding carboxylic acids is 1. The van der Waals surface area contributed by atoms with Crippen molar-refractivity contribution < 1.29 is 9.53 Å². The van der Waals surface area contributed by atoms with Crippen LogP contribution in [0.3, 0.4) is 0 Å². The Kier molecular flexibility index (Phi) is 5.88. The van der Waals surface area contributed by atoms with Crippen molar-refractivity contribution >= 4 is 23.5 Å². The number of nitrogens with one attached hydrogen (secondary N) is 1. The number of rotatable bonds is 5. The van der Waals surface area contributed by atoms with Crippen molar-refractivity contribution in [2.45, 2.75) is 18.0 Å². The fraction of sp³-hybridized carbons (Fsp3) is 0.389. The van der Waals surface area contributed by atoms with E-state index < -0.39 is 0 Å². The molecule has 0 bridgehead atoms. The fourth-order valence-corrected chi connectivity index (χ4v) is 3.15. The monoisotopic (exact) mass is 358 g/mol. The summed E-state index contributed by atoms with van der Waals surface area (Å²) in [5.41, 5.74) is 8.13. The lowest BCUT2D eigenvalue weighted by molar-refractivity contribution is 0.0642. The number of benzene rings is 1. The molecule has 7 heteroatoms. The number of nitrogen functional groups attached to an aromatic ring is 1. The van der Waals surface area contributed by atoms with Crippen LogP contribution in [0.4, 0.5) is 5.82 Å². The third-order valence-electron chi connectivity index (χ3n) is 4.24. The molecule has 1 amide bonds. The summed E-state index contributed by atoms with van der Waals surface area (Å²) < 4.78 is 5.34. The van der Waals surface area contributed by atoms with Gasteiger partial charge in [-0.05, 0) is 37.1 Å². The van der Waals surface area contributed by atoms with E-state index in [2.05, 4.69) is 15.3 Å². The van der Waals surface area contributed by atoms with Gasteiger partial charge in [0, 0.05) is 37.0 Å². The third-order valence-corrected chi connectivity index (χ3v) is 4.79. The van der Waals surface area contributed by atoms with Gasteiger partial charge in [-0.15, -0.1) is 0 Å². The summed E-state index contributed by atoms with van der Waals surface area (Å²) in [6.45, 7) is 2.27. The predicted molar refractivity (Wildman–Crippen MR) is 99.5 cm³/mol. The number of nitrogens with two attached hydrogens (primary N) is 1. The molecule has 132 valence electrons. The molecule has 0 radical (unpaired) electrons. The third kappa shape index (κ3) is 4.70. The Morgan fingerprint density at radius 2 is 2.00 bits per heavy atom. The number of ether oxygens (including phenoxy) is 1. The zero-order valence-electron chi connectivity index (χ0n) is 14.2. The molecule has 2 heterocycles. The molecule has 1 aliphatic rings. The zero-order valence-corrected chi connectivity index (χ0v) is 15.0. The Balaban J connectivity index is 1.65. The van der Waals surface area contributed by atoms with Gasteiger partial charge >= 0.3 is 0 Å². The second-order valence-corrected chi connectivity index (χ2v) is 6.78. The molecule has 1 saturated heterocycles. The highest BCUT2D eigenvalue weighted by Crippen LogP contribution is 2.22. The van der Waals surface area contributed by atoms with Gasteiger partial charge in [-0.25, -0.2) is 9.97 Å². The minimum Gasteiger partial charge on any atom is -0.384 e. The zero-order chi connectivity index (χ0) is 17.6. The average Bonchev–Trinajstić information content (AvgIpc) is 2.66. The summed E-state index contributed by atoms with van der Waals surface area (Å²) in [6, 6.07) is 9.13. The summed E-state index contributed by atoms with van der Waals surface area (Å²) in [4.78, 5) is 20.9. The van der Waals surface area contributed by atoms with Gasteiger partial charge in [0.25, 0.3) is 5.91 Å². The molecule has 1 aromatic carbocycles. The van der Waals surface area contributed by atoms with Crippen LogP contribution in [-0.4, -0.2) is 41.9 Å². The van der Waals surface area contributed by atoms with E-state index >= 15 is 0 Å². The lowest BCUT2D eigenvalue weighted by atomic mass is 10.0. The van der Waals surface area contributed by atoms with Crippen LogP contribution in [0.2, 0.25) is 0 Å². The van der Waals surface area contributed by atoms with Gasteiger partial charge in [-0.2, -0.15) is 0 Å². The summed E-state index contributed by atoms with van der Waals surface area (Å²) in [6.07, 6.45) is 3.92. The first-order chi connectivity index (χ1) is 12.2. The number of nitrogens with zero attached hydrogens (tertiary/aromatic N) is 2. The van der Waals surface area contributed by atoms with Crippen LogP contribution in [0.5, 0.6) is 0 Å². The molecule has 3 N–H and O–H groups in total. The second kappa shape index (κ2) is 8.31. The molecule has 1 aliphatic heterocycles. The Hall–Kier alpha value is -2.12. The van der Waals surface area contributed by atoms with E-state index in [1.807, 2.05) is 30.5 Å². The highest BCUT2D eigenvalue weighted by molar-refractivity contribution is 7.98. The molecule has 0 spiro atoms. The van der Waals surface area contributed by atoms with Crippen LogP contribution >= 0.6 is 11.8 Å². The second-order valence-electron chi connectivity index (χ2n) is 6.01. The maximum Gasteiger partial charge on any atom is 0.251 e. The molecule has 0 saturated carbocycles. The maximum absolute atomic E-state index is 12.3. The number of anilines is 1. The first-order valence-electron chi connectivity index (χ1n) is 8.30. The van der Waals surface area contributed by atoms with Crippen molar-refractivity contribution in [2.75, 3.05) is 31.7 Å². The van der Waals surface area contributed by atoms with Gasteiger partial charge in [0.2, 0.25) is 0 Å². The number of thioether (sulfide) groups is 1. The van der Waals surface area contributed by atoms with Crippen molar-refractivity contribution in [3.63, 3.8) is 0 Å². The molecule has 3 rings (SSSR count). The molecule has 1 fully saturated rings. The highest BCUT2D eigenvalue weighted by atomic mass is 32.2. The van der Waals surface area contributed by atoms with Gasteiger partial charge in [0.15, 0.2) is 5.16 Å². The maximum atomic E-state index is 12.3. The van der Waals surface area contributed by atoms with Crippen LogP contribution in [0.1, 0.15) is 23.2 Å². The summed E-state index contributed by atoms with van der Waals surface area (Å²) in [7, 11) is 0. The number of hydrogen-bond donors (Lipinski definition) is 2. The Bertz CT molecular complexity index is 730. The quantitative estimate of drug-likeness (QED) is 0.631. The van der Waals surface area contributed by atoms with Gasteiger partial charge < -0.3 is 15.8 Å². The van der Waals surface area contributed by atoms with Crippen LogP contribution in [-0.2, 0) is 4.74 Å². The molecule has 0 unspecified atom stereocenters. The standard InChI is InChI=1S/C18H22N4O2S/c1-25-18-21-15(10-16(19)22-18)13-2-4-14(5-3-13)17(23)20-11-12-6-8-24-9-7-12/h2-5,10,12H,6-9,11H2,1H3,(H,20,23)(H2,19,21,22). The van der Waals surface area contributed by atoms with E-state index in [0.29, 0.717) is 29.0 Å². The first kappa shape index (κ1) is 17.7. The molecule has 0 aliphatic carbocycles. The smallest absolute Gasteiger partial charge is 0.251 e. The van der Waals surface area contributed by atoms with Gasteiger partial charge in [0.05, 0.1) is 5.69 Å². The SMILES string of the molecule is CSc1nc(N)cc(-c2ccc(C(=O)NCC3CCOCC3)cc2)n1. The number of amides is 1. The Morgan fingerprint density at radius 3 is 2.68 bits per heavy atom. The summed E-state index contributed by atoms with van der Waals surface area (Å²) in [5, 5.41) is 3.64. The lowest BCUT2D eigenvalue weighted by Crippen LogP contribution is -2.32. The molecule has 0 atom stereocenters. The minimum absolute atomic E-state index is 0.0509. The molecule has 2 aromatic rings. The molecule has 1 aromatic heterocycles. The fourth-order valence-electron chi connectivity index (χ4n) is 2.76. The highest BCUT2D eigenvalue weighted by Gasteiger charge is 2.15. The van der Waals surface area contributed by atoms with Crippen LogP contribution < -0.4 is 11.1 Å². The molecular formula is C18H22N4O2S. The summed E-state index contributed by atoms with van der Waals surface area (Å²) in [5.74, 6) is 0.892. The van der Waals surface area contributed by atoms with E-state index in [1.54, 1.807) is 6.07 Å². The topological polar surface area (TPSA) is 90.1 Å². The van der Waals surface area contributed by atoms with Crippen LogP contribution in [0, 0.1) is 5.92 Å². The van der Waals surface area contributed by atoms with E-state index in [1.165, 1.54) is 11.8 Å². The van der Waals surface area contributed by atoms with Crippen LogP contribution in [0.25, 0.3) is 11.3 Å². The van der Waals surface area contributed by atoms with Crippen molar-refractivity contribution in [1.29, 1.82) is 0 Å². The van der Waals surface area contributed by atoms with Crippen molar-refractivity contribution in [3.05, 3.63) is 35.9 Å². The predicted octanol–water partition coefficient (Wildman–Crippen LogP) is 2.60. The van der Waals surface area contributed by atoms with Crippen molar-refractivity contribution in [2.24, 2.45) is 5.92 Å². The van der Waals surface area contributed by atoms with Gasteiger partial charge in [-0.1, -0.05) is 23.9 Å².